The highest BCUT2D eigenvalue weighted by molar-refractivity contribution is 5.52. The van der Waals surface area contributed by atoms with Gasteiger partial charge in [0.1, 0.15) is 0 Å². The normalized spacial score (nSPS) is 11.1. The van der Waals surface area contributed by atoms with Crippen LogP contribution in [-0.2, 0) is 20.6 Å². The number of hydrogen-bond donors (Lipinski definition) is 0. The Morgan fingerprint density at radius 2 is 1.75 bits per heavy atom. The van der Waals surface area contributed by atoms with E-state index < -0.39 is 0 Å². The maximum absolute atomic E-state index is 4.28. The Morgan fingerprint density at radius 3 is 2.38 bits per heavy atom. The molecule has 0 N–H and O–H groups in total. The maximum atomic E-state index is 4.28. The molecule has 2 aromatic carbocycles. The summed E-state index contributed by atoms with van der Waals surface area (Å²) in [5, 5.41) is 12.7. The summed E-state index contributed by atoms with van der Waals surface area (Å²) in [6.45, 7) is 0.868. The summed E-state index contributed by atoms with van der Waals surface area (Å²) in [5.41, 5.74) is 3.24. The summed E-state index contributed by atoms with van der Waals surface area (Å²) in [6, 6.07) is 18.5. The lowest BCUT2D eigenvalue weighted by atomic mass is 10.2. The fourth-order valence-corrected chi connectivity index (χ4v) is 2.45. The van der Waals surface area contributed by atoms with E-state index in [0.29, 0.717) is 5.95 Å². The van der Waals surface area contributed by atoms with Crippen LogP contribution in [0.1, 0.15) is 5.56 Å². The summed E-state index contributed by atoms with van der Waals surface area (Å²) in [5.74, 6) is 0.695. The van der Waals surface area contributed by atoms with Gasteiger partial charge in [-0.25, -0.2) is 4.57 Å². The highest BCUT2D eigenvalue weighted by Gasteiger charge is 2.11. The van der Waals surface area contributed by atoms with Crippen molar-refractivity contribution in [3.8, 4) is 0 Å². The zero-order chi connectivity index (χ0) is 16.9. The monoisotopic (exact) mass is 321 g/mol. The first-order chi connectivity index (χ1) is 11.6. The smallest absolute Gasteiger partial charge is 0.370 e. The van der Waals surface area contributed by atoms with E-state index in [4.69, 9.17) is 0 Å². The predicted molar refractivity (Wildman–Crippen MR) is 93.6 cm³/mol. The number of nitrogens with zero attached hydrogens (tertiary/aromatic N) is 6. The van der Waals surface area contributed by atoms with E-state index in [-0.39, 0.29) is 0 Å². The first-order valence-electron chi connectivity index (χ1n) is 7.78. The van der Waals surface area contributed by atoms with Crippen LogP contribution in [0.2, 0.25) is 0 Å². The first kappa shape index (κ1) is 15.9. The Balaban J connectivity index is 1.69. The molecule has 1 aromatic heterocycles. The minimum atomic E-state index is 0.695. The van der Waals surface area contributed by atoms with Gasteiger partial charge in [-0.05, 0) is 34.9 Å². The molecule has 3 aromatic rings. The Labute approximate surface area is 141 Å². The second kappa shape index (κ2) is 7.04. The number of rotatable bonds is 5. The topological polar surface area (TPSA) is 49.7 Å². The van der Waals surface area contributed by atoms with E-state index >= 15 is 0 Å². The van der Waals surface area contributed by atoms with Crippen molar-refractivity contribution in [1.82, 2.24) is 9.78 Å². The zero-order valence-electron chi connectivity index (χ0n) is 14.2. The lowest BCUT2D eigenvalue weighted by Gasteiger charge is -2.19. The van der Waals surface area contributed by atoms with Crippen molar-refractivity contribution in [3.63, 3.8) is 0 Å². The number of aromatic nitrogens is 3. The summed E-state index contributed by atoms with van der Waals surface area (Å²) in [7, 11) is 5.82. The first-order valence-corrected chi connectivity index (χ1v) is 7.78. The number of hydrogen-bond acceptors (Lipinski definition) is 4. The van der Waals surface area contributed by atoms with Gasteiger partial charge < -0.3 is 4.90 Å². The minimum absolute atomic E-state index is 0.695. The van der Waals surface area contributed by atoms with Crippen molar-refractivity contribution in [3.05, 3.63) is 66.5 Å². The number of anilines is 1. The fraction of sp³-hybridized carbons (Fsp3) is 0.222. The van der Waals surface area contributed by atoms with Crippen LogP contribution in [0.5, 0.6) is 0 Å². The molecule has 0 saturated carbocycles. The van der Waals surface area contributed by atoms with E-state index in [0.717, 1.165) is 17.9 Å². The summed E-state index contributed by atoms with van der Waals surface area (Å²) in [6.07, 6.45) is 1.70. The van der Waals surface area contributed by atoms with Crippen LogP contribution in [0.15, 0.2) is 71.2 Å². The molecular formula is C18H21N6+. The van der Waals surface area contributed by atoms with Gasteiger partial charge in [-0.1, -0.05) is 35.4 Å². The second-order valence-electron chi connectivity index (χ2n) is 5.72. The molecule has 0 amide bonds. The molecule has 3 rings (SSSR count). The third-order valence-corrected chi connectivity index (χ3v) is 3.81. The van der Waals surface area contributed by atoms with Crippen LogP contribution in [-0.4, -0.2) is 16.8 Å². The molecule has 1 heterocycles. The summed E-state index contributed by atoms with van der Waals surface area (Å²) >= 11 is 0. The molecule has 6 heteroatoms. The third-order valence-electron chi connectivity index (χ3n) is 3.81. The molecule has 0 fully saturated rings. The average molecular weight is 321 g/mol. The zero-order valence-corrected chi connectivity index (χ0v) is 14.2. The molecule has 0 aliphatic heterocycles. The highest BCUT2D eigenvalue weighted by Crippen LogP contribution is 2.21. The van der Waals surface area contributed by atoms with Crippen LogP contribution >= 0.6 is 0 Å². The van der Waals surface area contributed by atoms with Gasteiger partial charge in [-0.15, -0.1) is 4.68 Å². The average Bonchev–Trinajstić information content (AvgIpc) is 2.92. The van der Waals surface area contributed by atoms with Crippen molar-refractivity contribution < 1.29 is 4.57 Å². The highest BCUT2D eigenvalue weighted by atomic mass is 15.4. The standard InChI is InChI=1S/C18H21N6/c1-22(13-15-7-5-4-6-8-15)17-11-9-16(10-12-17)20-21-18-23(2)14-19-24(18)3/h4-12,14H,13H2,1-3H3/q+1. The SMILES string of the molecule is CN(Cc1ccccc1)c1ccc(N=Nc2n(C)nc[n+]2C)cc1. The van der Waals surface area contributed by atoms with Gasteiger partial charge in [0, 0.05) is 24.4 Å². The van der Waals surface area contributed by atoms with E-state index in [9.17, 15) is 0 Å². The Morgan fingerprint density at radius 1 is 1.04 bits per heavy atom. The van der Waals surface area contributed by atoms with Crippen molar-refractivity contribution in [1.29, 1.82) is 0 Å². The number of benzene rings is 2. The van der Waals surface area contributed by atoms with Gasteiger partial charge in [0.2, 0.25) is 6.33 Å². The van der Waals surface area contributed by atoms with Gasteiger partial charge in [-0.2, -0.15) is 0 Å². The molecule has 0 saturated heterocycles. The lowest BCUT2D eigenvalue weighted by Crippen LogP contribution is -2.25. The van der Waals surface area contributed by atoms with E-state index in [1.807, 2.05) is 36.9 Å². The van der Waals surface area contributed by atoms with Crippen LogP contribution in [0, 0.1) is 0 Å². The molecule has 0 aliphatic carbocycles. The largest absolute Gasteiger partial charge is 0.403 e. The second-order valence-corrected chi connectivity index (χ2v) is 5.72. The molecule has 24 heavy (non-hydrogen) atoms. The van der Waals surface area contributed by atoms with Gasteiger partial charge in [-0.3, -0.25) is 0 Å². The molecular weight excluding hydrogens is 300 g/mol. The Bertz CT molecular complexity index is 801. The van der Waals surface area contributed by atoms with Gasteiger partial charge in [0.25, 0.3) is 0 Å². The maximum Gasteiger partial charge on any atom is 0.403 e. The molecule has 122 valence electrons. The predicted octanol–water partition coefficient (Wildman–Crippen LogP) is 3.30. The molecule has 6 nitrogen and oxygen atoms in total. The van der Waals surface area contributed by atoms with Crippen LogP contribution in [0.3, 0.4) is 0 Å². The molecule has 0 bridgehead atoms. The van der Waals surface area contributed by atoms with E-state index in [2.05, 4.69) is 63.7 Å². The Hall–Kier alpha value is -3.02. The quantitative estimate of drug-likeness (QED) is 0.535. The van der Waals surface area contributed by atoms with Crippen LogP contribution in [0.25, 0.3) is 0 Å². The number of azo groups is 1. The molecule has 0 unspecified atom stereocenters. The van der Waals surface area contributed by atoms with E-state index in [1.54, 1.807) is 11.0 Å². The van der Waals surface area contributed by atoms with Gasteiger partial charge in [0.15, 0.2) is 0 Å². The van der Waals surface area contributed by atoms with Gasteiger partial charge >= 0.3 is 5.95 Å². The van der Waals surface area contributed by atoms with Gasteiger partial charge in [0.05, 0.1) is 19.8 Å². The molecule has 0 aliphatic rings. The summed E-state index contributed by atoms with van der Waals surface area (Å²) in [4.78, 5) is 2.21. The molecule has 0 spiro atoms. The fourth-order valence-electron chi connectivity index (χ4n) is 2.45. The van der Waals surface area contributed by atoms with Crippen molar-refractivity contribution >= 4 is 17.3 Å². The van der Waals surface area contributed by atoms with Crippen LogP contribution < -0.4 is 9.47 Å². The van der Waals surface area contributed by atoms with E-state index in [1.165, 1.54) is 5.56 Å². The number of aryl methyl sites for hydroxylation is 2. The van der Waals surface area contributed by atoms with Crippen molar-refractivity contribution in [2.45, 2.75) is 6.54 Å². The Kier molecular flexibility index (Phi) is 4.65. The van der Waals surface area contributed by atoms with Crippen molar-refractivity contribution in [2.24, 2.45) is 24.3 Å². The summed E-state index contributed by atoms with van der Waals surface area (Å²) < 4.78 is 3.51. The minimum Gasteiger partial charge on any atom is -0.370 e. The van der Waals surface area contributed by atoms with Crippen molar-refractivity contribution in [2.75, 3.05) is 11.9 Å². The third kappa shape index (κ3) is 3.65. The molecule has 0 atom stereocenters. The van der Waals surface area contributed by atoms with Crippen LogP contribution in [0.4, 0.5) is 17.3 Å². The lowest BCUT2D eigenvalue weighted by molar-refractivity contribution is -0.659. The molecule has 0 radical (unpaired) electrons.